The second-order valence-electron chi connectivity index (χ2n) is 4.29. The topological polar surface area (TPSA) is 69.6 Å². The normalized spacial score (nSPS) is 12.7. The van der Waals surface area contributed by atoms with Crippen molar-refractivity contribution in [3.8, 4) is 0 Å². The maximum absolute atomic E-state index is 13.3. The van der Waals surface area contributed by atoms with E-state index < -0.39 is 48.0 Å². The lowest BCUT2D eigenvalue weighted by Gasteiger charge is -2.22. The number of rotatable bonds is 3. The van der Waals surface area contributed by atoms with Crippen LogP contribution in [0.4, 0.5) is 27.6 Å². The number of aliphatic hydroxyl groups is 1. The highest BCUT2D eigenvalue weighted by molar-refractivity contribution is 6.39. The number of halogens is 5. The van der Waals surface area contributed by atoms with Gasteiger partial charge in [0, 0.05) is 7.05 Å². The molecule has 0 heterocycles. The average molecular weight is 326 g/mol. The van der Waals surface area contributed by atoms with Gasteiger partial charge in [0.1, 0.15) is 17.3 Å². The van der Waals surface area contributed by atoms with Crippen LogP contribution in [0.1, 0.15) is 0 Å². The monoisotopic (exact) mass is 326 g/mol. The van der Waals surface area contributed by atoms with E-state index in [1.165, 1.54) is 0 Å². The molecule has 0 bridgehead atoms. The highest BCUT2D eigenvalue weighted by Crippen LogP contribution is 2.21. The number of amides is 2. The van der Waals surface area contributed by atoms with Gasteiger partial charge in [-0.25, -0.2) is 8.78 Å². The summed E-state index contributed by atoms with van der Waals surface area (Å²) in [6.45, 7) is -1.20. The number of hydrogen-bond acceptors (Lipinski definition) is 3. The van der Waals surface area contributed by atoms with Crippen molar-refractivity contribution in [3.63, 3.8) is 0 Å². The lowest BCUT2D eigenvalue weighted by molar-refractivity contribution is -0.207. The summed E-state index contributed by atoms with van der Waals surface area (Å²) in [7, 11) is 0.828. The second kappa shape index (κ2) is 6.69. The molecule has 22 heavy (non-hydrogen) atoms. The Kier molecular flexibility index (Phi) is 5.42. The zero-order valence-electron chi connectivity index (χ0n) is 11.1. The van der Waals surface area contributed by atoms with E-state index in [1.54, 1.807) is 5.32 Å². The number of para-hydroxylation sites is 1. The minimum absolute atomic E-state index is 0.284. The van der Waals surface area contributed by atoms with Crippen LogP contribution >= 0.6 is 0 Å². The molecule has 1 aromatic rings. The smallest absolute Gasteiger partial charge is 0.382 e. The van der Waals surface area contributed by atoms with E-state index in [-0.39, 0.29) is 4.90 Å². The van der Waals surface area contributed by atoms with Crippen molar-refractivity contribution in [2.24, 2.45) is 0 Å². The van der Waals surface area contributed by atoms with Gasteiger partial charge in [-0.15, -0.1) is 0 Å². The van der Waals surface area contributed by atoms with Crippen LogP contribution in [-0.4, -0.2) is 47.7 Å². The number of likely N-dealkylation sites (N-methyl/N-ethyl adjacent to an activating group) is 1. The van der Waals surface area contributed by atoms with E-state index in [9.17, 15) is 31.5 Å². The van der Waals surface area contributed by atoms with Gasteiger partial charge in [0.25, 0.3) is 0 Å². The van der Waals surface area contributed by atoms with Crippen molar-refractivity contribution in [3.05, 3.63) is 29.8 Å². The molecular formula is C12H11F5N2O3. The van der Waals surface area contributed by atoms with E-state index in [0.29, 0.717) is 0 Å². The number of benzene rings is 1. The maximum atomic E-state index is 13.3. The minimum Gasteiger partial charge on any atom is -0.382 e. The van der Waals surface area contributed by atoms with E-state index in [0.717, 1.165) is 25.2 Å². The number of anilines is 1. The van der Waals surface area contributed by atoms with Crippen molar-refractivity contribution in [2.45, 2.75) is 12.3 Å². The summed E-state index contributed by atoms with van der Waals surface area (Å²) >= 11 is 0. The number of carbonyl (C=O) groups is 2. The van der Waals surface area contributed by atoms with Crippen molar-refractivity contribution in [1.82, 2.24) is 4.90 Å². The highest BCUT2D eigenvalue weighted by Gasteiger charge is 2.40. The molecular weight excluding hydrogens is 315 g/mol. The molecule has 0 aliphatic rings. The molecule has 10 heteroatoms. The van der Waals surface area contributed by atoms with Gasteiger partial charge in [0.05, 0.1) is 6.54 Å². The Balaban J connectivity index is 2.75. The Bertz CT molecular complexity index is 556. The molecule has 122 valence electrons. The SMILES string of the molecule is CN(CC(O)C(F)(F)F)C(=O)C(=O)Nc1c(F)cccc1F. The quantitative estimate of drug-likeness (QED) is 0.649. The fourth-order valence-corrected chi connectivity index (χ4v) is 1.40. The van der Waals surface area contributed by atoms with Gasteiger partial charge < -0.3 is 15.3 Å². The predicted molar refractivity (Wildman–Crippen MR) is 64.7 cm³/mol. The summed E-state index contributed by atoms with van der Waals surface area (Å²) in [6, 6.07) is 2.66. The van der Waals surface area contributed by atoms with Gasteiger partial charge >= 0.3 is 18.0 Å². The van der Waals surface area contributed by atoms with E-state index in [1.807, 2.05) is 0 Å². The number of alkyl halides is 3. The summed E-state index contributed by atoms with van der Waals surface area (Å²) in [6.07, 6.45) is -7.82. The molecule has 5 nitrogen and oxygen atoms in total. The third-order valence-electron chi connectivity index (χ3n) is 2.57. The molecule has 1 unspecified atom stereocenters. The summed E-state index contributed by atoms with van der Waals surface area (Å²) < 4.78 is 63.0. The average Bonchev–Trinajstić information content (AvgIpc) is 2.40. The van der Waals surface area contributed by atoms with Crippen LogP contribution in [0.25, 0.3) is 0 Å². The van der Waals surface area contributed by atoms with Crippen LogP contribution in [-0.2, 0) is 9.59 Å². The van der Waals surface area contributed by atoms with Gasteiger partial charge in [-0.2, -0.15) is 13.2 Å². The Morgan fingerprint density at radius 2 is 1.77 bits per heavy atom. The third-order valence-corrected chi connectivity index (χ3v) is 2.57. The third kappa shape index (κ3) is 4.38. The van der Waals surface area contributed by atoms with Crippen molar-refractivity contribution in [2.75, 3.05) is 18.9 Å². The van der Waals surface area contributed by atoms with Gasteiger partial charge in [-0.05, 0) is 12.1 Å². The standard InChI is InChI=1S/C12H11F5N2O3/c1-19(5-8(20)12(15,16)17)11(22)10(21)18-9-6(13)3-2-4-7(9)14/h2-4,8,20H,5H2,1H3,(H,18,21). The van der Waals surface area contributed by atoms with Gasteiger partial charge in [-0.3, -0.25) is 9.59 Å². The minimum atomic E-state index is -4.97. The molecule has 0 aromatic heterocycles. The molecule has 0 saturated carbocycles. The lowest BCUT2D eigenvalue weighted by Crippen LogP contribution is -2.45. The van der Waals surface area contributed by atoms with Crippen LogP contribution in [0.2, 0.25) is 0 Å². The molecule has 0 radical (unpaired) electrons. The molecule has 2 N–H and O–H groups in total. The van der Waals surface area contributed by atoms with Crippen molar-refractivity contribution < 1.29 is 36.6 Å². The molecule has 2 amide bonds. The summed E-state index contributed by atoms with van der Waals surface area (Å²) in [5, 5.41) is 10.4. The first-order valence-corrected chi connectivity index (χ1v) is 5.79. The van der Waals surface area contributed by atoms with Crippen molar-refractivity contribution in [1.29, 1.82) is 0 Å². The zero-order chi connectivity index (χ0) is 17.1. The van der Waals surface area contributed by atoms with Crippen LogP contribution < -0.4 is 5.32 Å². The zero-order valence-corrected chi connectivity index (χ0v) is 11.1. The van der Waals surface area contributed by atoms with Gasteiger partial charge in [-0.1, -0.05) is 6.07 Å². The highest BCUT2D eigenvalue weighted by atomic mass is 19.4. The molecule has 1 atom stereocenters. The molecule has 0 saturated heterocycles. The Morgan fingerprint density at radius 1 is 1.27 bits per heavy atom. The number of nitrogens with zero attached hydrogens (tertiary/aromatic N) is 1. The van der Waals surface area contributed by atoms with Crippen LogP contribution in [0.3, 0.4) is 0 Å². The molecule has 1 aromatic carbocycles. The predicted octanol–water partition coefficient (Wildman–Crippen LogP) is 1.28. The number of hydrogen-bond donors (Lipinski definition) is 2. The largest absolute Gasteiger partial charge is 0.416 e. The summed E-state index contributed by atoms with van der Waals surface area (Å²) in [4.78, 5) is 23.3. The van der Waals surface area contributed by atoms with E-state index in [4.69, 9.17) is 5.11 Å². The molecule has 0 fully saturated rings. The maximum Gasteiger partial charge on any atom is 0.416 e. The Hall–Kier alpha value is -2.23. The van der Waals surface area contributed by atoms with Crippen LogP contribution in [0, 0.1) is 11.6 Å². The van der Waals surface area contributed by atoms with E-state index in [2.05, 4.69) is 0 Å². The molecule has 0 aliphatic carbocycles. The van der Waals surface area contributed by atoms with Crippen LogP contribution in [0.5, 0.6) is 0 Å². The second-order valence-corrected chi connectivity index (χ2v) is 4.29. The molecule has 1 rings (SSSR count). The van der Waals surface area contributed by atoms with Gasteiger partial charge in [0.15, 0.2) is 6.10 Å². The summed E-state index contributed by atoms with van der Waals surface area (Å²) in [5.74, 6) is -5.34. The first kappa shape index (κ1) is 17.8. The first-order valence-electron chi connectivity index (χ1n) is 5.79. The van der Waals surface area contributed by atoms with Crippen molar-refractivity contribution >= 4 is 17.5 Å². The first-order chi connectivity index (χ1) is 10.0. The number of aliphatic hydroxyl groups excluding tert-OH is 1. The summed E-state index contributed by atoms with van der Waals surface area (Å²) in [5.41, 5.74) is -0.898. The Labute approximate surface area is 121 Å². The number of nitrogens with one attached hydrogen (secondary N) is 1. The number of carbonyl (C=O) groups excluding carboxylic acids is 2. The van der Waals surface area contributed by atoms with E-state index >= 15 is 0 Å². The Morgan fingerprint density at radius 3 is 2.23 bits per heavy atom. The molecule has 0 spiro atoms. The molecule has 0 aliphatic heterocycles. The lowest BCUT2D eigenvalue weighted by atomic mass is 10.2. The van der Waals surface area contributed by atoms with Gasteiger partial charge in [0.2, 0.25) is 0 Å². The fourth-order valence-electron chi connectivity index (χ4n) is 1.40. The fraction of sp³-hybridized carbons (Fsp3) is 0.333. The van der Waals surface area contributed by atoms with Crippen LogP contribution in [0.15, 0.2) is 18.2 Å².